The summed E-state index contributed by atoms with van der Waals surface area (Å²) < 4.78 is 33.5. The van der Waals surface area contributed by atoms with Crippen molar-refractivity contribution < 1.29 is 13.2 Å². The number of nitrogens with zero attached hydrogens (tertiary/aromatic N) is 3. The number of aromatic nitrogens is 1. The lowest BCUT2D eigenvalue weighted by Gasteiger charge is -2.33. The van der Waals surface area contributed by atoms with Crippen molar-refractivity contribution in [3.63, 3.8) is 0 Å². The molecule has 0 spiro atoms. The van der Waals surface area contributed by atoms with Gasteiger partial charge in [0.2, 0.25) is 10.0 Å². The van der Waals surface area contributed by atoms with Crippen LogP contribution in [0.5, 0.6) is 0 Å². The smallest absolute Gasteiger partial charge is 0.242 e. The number of hydrogen-bond acceptors (Lipinski definition) is 6. The van der Waals surface area contributed by atoms with Gasteiger partial charge in [0.15, 0.2) is 0 Å². The maximum atomic E-state index is 12.4. The summed E-state index contributed by atoms with van der Waals surface area (Å²) in [4.78, 5) is 9.11. The van der Waals surface area contributed by atoms with Crippen LogP contribution >= 0.6 is 0 Å². The molecule has 0 amide bonds. The van der Waals surface area contributed by atoms with Crippen molar-refractivity contribution in [1.29, 1.82) is 0 Å². The minimum Gasteiger partial charge on any atom is -0.373 e. The van der Waals surface area contributed by atoms with Gasteiger partial charge in [0, 0.05) is 31.9 Å². The van der Waals surface area contributed by atoms with Crippen LogP contribution in [0.3, 0.4) is 0 Å². The second kappa shape index (κ2) is 7.57. The normalized spacial score (nSPS) is 24.7. The van der Waals surface area contributed by atoms with E-state index >= 15 is 0 Å². The van der Waals surface area contributed by atoms with E-state index < -0.39 is 10.0 Å². The number of nitrogens with one attached hydrogen (secondary N) is 1. The zero-order chi connectivity index (χ0) is 18.0. The minimum absolute atomic E-state index is 0.0425. The Bertz CT molecular complexity index is 676. The van der Waals surface area contributed by atoms with Crippen LogP contribution < -0.4 is 9.62 Å². The first-order valence-electron chi connectivity index (χ1n) is 8.99. The van der Waals surface area contributed by atoms with Gasteiger partial charge in [-0.1, -0.05) is 13.8 Å². The third kappa shape index (κ3) is 3.97. The van der Waals surface area contributed by atoms with Crippen molar-refractivity contribution in [3.8, 4) is 0 Å². The average Bonchev–Trinajstić information content (AvgIpc) is 3.05. The fourth-order valence-electron chi connectivity index (χ4n) is 3.51. The lowest BCUT2D eigenvalue weighted by atomic mass is 10.1. The molecule has 2 fully saturated rings. The Morgan fingerprint density at radius 1 is 1.32 bits per heavy atom. The first-order chi connectivity index (χ1) is 11.9. The molecule has 1 aromatic heterocycles. The Balaban J connectivity index is 1.70. The van der Waals surface area contributed by atoms with Crippen molar-refractivity contribution in [3.05, 3.63) is 18.3 Å². The van der Waals surface area contributed by atoms with Gasteiger partial charge in [0.25, 0.3) is 0 Å². The summed E-state index contributed by atoms with van der Waals surface area (Å²) in [6.45, 7) is 7.30. The van der Waals surface area contributed by atoms with E-state index in [0.717, 1.165) is 44.9 Å². The molecule has 2 aliphatic rings. The van der Waals surface area contributed by atoms with Crippen molar-refractivity contribution in [2.45, 2.75) is 49.8 Å². The van der Waals surface area contributed by atoms with Crippen LogP contribution in [-0.4, -0.2) is 69.8 Å². The van der Waals surface area contributed by atoms with Crippen LogP contribution in [0.4, 0.5) is 5.82 Å². The topological polar surface area (TPSA) is 74.8 Å². The molecule has 25 heavy (non-hydrogen) atoms. The summed E-state index contributed by atoms with van der Waals surface area (Å²) in [7, 11) is -1.40. The number of ether oxygens (including phenoxy) is 1. The highest BCUT2D eigenvalue weighted by Gasteiger charge is 2.39. The van der Waals surface area contributed by atoms with Gasteiger partial charge < -0.3 is 9.64 Å². The molecule has 2 atom stereocenters. The first-order valence-corrected chi connectivity index (χ1v) is 10.5. The third-order valence-electron chi connectivity index (χ3n) is 5.24. The molecule has 2 aliphatic heterocycles. The monoisotopic (exact) mass is 368 g/mol. The number of anilines is 1. The molecular weight excluding hydrogens is 340 g/mol. The molecule has 2 unspecified atom stereocenters. The summed E-state index contributed by atoms with van der Waals surface area (Å²) in [6.07, 6.45) is 3.18. The number of pyridine rings is 1. The summed E-state index contributed by atoms with van der Waals surface area (Å²) in [5, 5.41) is 0. The molecule has 0 saturated carbocycles. The van der Waals surface area contributed by atoms with Crippen molar-refractivity contribution in [1.82, 2.24) is 14.6 Å². The molecule has 3 rings (SSSR count). The first kappa shape index (κ1) is 18.6. The molecule has 7 nitrogen and oxygen atoms in total. The molecule has 140 valence electrons. The minimum atomic E-state index is -3.52. The van der Waals surface area contributed by atoms with Crippen molar-refractivity contribution >= 4 is 15.8 Å². The van der Waals surface area contributed by atoms with E-state index in [9.17, 15) is 8.42 Å². The van der Waals surface area contributed by atoms with Gasteiger partial charge in [-0.25, -0.2) is 18.1 Å². The van der Waals surface area contributed by atoms with Gasteiger partial charge in [-0.2, -0.15) is 0 Å². The molecule has 0 aliphatic carbocycles. The van der Waals surface area contributed by atoms with Crippen LogP contribution in [0.1, 0.15) is 26.7 Å². The second-order valence-electron chi connectivity index (χ2n) is 6.85. The third-order valence-corrected chi connectivity index (χ3v) is 6.75. The highest BCUT2D eigenvalue weighted by Crippen LogP contribution is 2.26. The highest BCUT2D eigenvalue weighted by molar-refractivity contribution is 7.89. The predicted molar refractivity (Wildman–Crippen MR) is 97.3 cm³/mol. The van der Waals surface area contributed by atoms with Crippen LogP contribution in [-0.2, 0) is 14.8 Å². The number of fused-ring (bicyclic) bond motifs is 1. The van der Waals surface area contributed by atoms with Crippen LogP contribution in [0, 0.1) is 0 Å². The standard InChI is InChI=1S/C17H28N4O3S/c1-4-13(5-2)19-25(22,23)14-6-7-17(18-10-14)21-11-15-16(12-21)24-9-8-20(15)3/h6-7,10,13,15-16,19H,4-5,8-9,11-12H2,1-3H3. The maximum Gasteiger partial charge on any atom is 0.242 e. The molecule has 0 bridgehead atoms. The number of morpholine rings is 1. The van der Waals surface area contributed by atoms with E-state index in [2.05, 4.69) is 26.6 Å². The molecule has 0 aromatic carbocycles. The fourth-order valence-corrected chi connectivity index (χ4v) is 4.85. The molecule has 1 aromatic rings. The van der Waals surface area contributed by atoms with Gasteiger partial charge in [-0.05, 0) is 32.0 Å². The van der Waals surface area contributed by atoms with Gasteiger partial charge in [0.1, 0.15) is 10.7 Å². The van der Waals surface area contributed by atoms with Crippen LogP contribution in [0.2, 0.25) is 0 Å². The SMILES string of the molecule is CCC(CC)NS(=O)(=O)c1ccc(N2CC3OCCN(C)C3C2)nc1. The van der Waals surface area contributed by atoms with E-state index in [4.69, 9.17) is 4.74 Å². The Kier molecular flexibility index (Phi) is 5.62. The molecule has 0 radical (unpaired) electrons. The van der Waals surface area contributed by atoms with Crippen LogP contribution in [0.15, 0.2) is 23.2 Å². The Hall–Kier alpha value is -1.22. The zero-order valence-corrected chi connectivity index (χ0v) is 16.0. The highest BCUT2D eigenvalue weighted by atomic mass is 32.2. The largest absolute Gasteiger partial charge is 0.373 e. The Morgan fingerprint density at radius 2 is 2.08 bits per heavy atom. The molecule has 2 saturated heterocycles. The van der Waals surface area contributed by atoms with Crippen molar-refractivity contribution in [2.24, 2.45) is 0 Å². The number of hydrogen-bond donors (Lipinski definition) is 1. The summed E-state index contributed by atoms with van der Waals surface area (Å²) in [5.41, 5.74) is 0. The van der Waals surface area contributed by atoms with E-state index in [1.54, 1.807) is 12.1 Å². The van der Waals surface area contributed by atoms with Gasteiger partial charge in [0.05, 0.1) is 18.8 Å². The van der Waals surface area contributed by atoms with E-state index in [1.165, 1.54) is 6.20 Å². The number of sulfonamides is 1. The summed E-state index contributed by atoms with van der Waals surface area (Å²) in [5.74, 6) is 0.799. The summed E-state index contributed by atoms with van der Waals surface area (Å²) >= 11 is 0. The lowest BCUT2D eigenvalue weighted by Crippen LogP contribution is -2.48. The quantitative estimate of drug-likeness (QED) is 0.810. The Labute approximate surface area is 150 Å². The molecule has 1 N–H and O–H groups in total. The van der Waals surface area contributed by atoms with Gasteiger partial charge in [-0.15, -0.1) is 0 Å². The Morgan fingerprint density at radius 3 is 2.68 bits per heavy atom. The van der Waals surface area contributed by atoms with Gasteiger partial charge in [-0.3, -0.25) is 4.90 Å². The van der Waals surface area contributed by atoms with Crippen molar-refractivity contribution in [2.75, 3.05) is 38.2 Å². The average molecular weight is 369 g/mol. The van der Waals surface area contributed by atoms with Gasteiger partial charge >= 0.3 is 0 Å². The molecular formula is C17H28N4O3S. The number of rotatable bonds is 6. The maximum absolute atomic E-state index is 12.4. The van der Waals surface area contributed by atoms with E-state index in [-0.39, 0.29) is 17.0 Å². The molecule has 8 heteroatoms. The predicted octanol–water partition coefficient (Wildman–Crippen LogP) is 1.07. The van der Waals surface area contributed by atoms with E-state index in [1.807, 2.05) is 13.8 Å². The molecule has 3 heterocycles. The van der Waals surface area contributed by atoms with Crippen LogP contribution in [0.25, 0.3) is 0 Å². The lowest BCUT2D eigenvalue weighted by molar-refractivity contribution is -0.0362. The van der Waals surface area contributed by atoms with E-state index in [0.29, 0.717) is 6.04 Å². The zero-order valence-electron chi connectivity index (χ0n) is 15.2. The second-order valence-corrected chi connectivity index (χ2v) is 8.56. The number of likely N-dealkylation sites (N-methyl/N-ethyl adjacent to an activating group) is 1. The summed E-state index contributed by atoms with van der Waals surface area (Å²) in [6, 6.07) is 3.76. The fraction of sp³-hybridized carbons (Fsp3) is 0.706.